The predicted octanol–water partition coefficient (Wildman–Crippen LogP) is 1.79. The van der Waals surface area contributed by atoms with Crippen molar-refractivity contribution in [3.8, 4) is 0 Å². The van der Waals surface area contributed by atoms with Crippen LogP contribution in [0.15, 0.2) is 6.07 Å². The molecule has 17 heavy (non-hydrogen) atoms. The van der Waals surface area contributed by atoms with Crippen LogP contribution in [0.5, 0.6) is 0 Å². The smallest absolute Gasteiger partial charge is 0.0624 e. The average Bonchev–Trinajstić information content (AvgIpc) is 2.65. The second kappa shape index (κ2) is 6.77. The van der Waals surface area contributed by atoms with Crippen molar-refractivity contribution in [2.75, 3.05) is 0 Å². The summed E-state index contributed by atoms with van der Waals surface area (Å²) in [4.78, 5) is 0. The Hall–Kier alpha value is -0.870. The Morgan fingerprint density at radius 2 is 2.12 bits per heavy atom. The zero-order chi connectivity index (χ0) is 12.8. The molecule has 0 saturated heterocycles. The third kappa shape index (κ3) is 4.48. The molecule has 3 N–H and O–H groups in total. The molecule has 4 nitrogen and oxygen atoms in total. The van der Waals surface area contributed by atoms with Gasteiger partial charge in [0.15, 0.2) is 0 Å². The molecule has 0 saturated carbocycles. The van der Waals surface area contributed by atoms with Gasteiger partial charge >= 0.3 is 0 Å². The van der Waals surface area contributed by atoms with E-state index in [-0.39, 0.29) is 0 Å². The van der Waals surface area contributed by atoms with Crippen LogP contribution in [0, 0.1) is 5.92 Å². The molecular weight excluding hydrogens is 212 g/mol. The van der Waals surface area contributed by atoms with Crippen molar-refractivity contribution in [2.24, 2.45) is 18.8 Å². The van der Waals surface area contributed by atoms with Gasteiger partial charge in [0, 0.05) is 25.2 Å². The van der Waals surface area contributed by atoms with Gasteiger partial charge in [-0.05, 0) is 31.2 Å². The quantitative estimate of drug-likeness (QED) is 0.562. The lowest BCUT2D eigenvalue weighted by Crippen LogP contribution is -2.37. The van der Waals surface area contributed by atoms with Gasteiger partial charge in [-0.25, -0.2) is 0 Å². The topological polar surface area (TPSA) is 55.9 Å². The Labute approximate surface area is 105 Å². The van der Waals surface area contributed by atoms with Crippen LogP contribution in [-0.4, -0.2) is 15.8 Å². The SMILES string of the molecule is CCc1cc(CC(CCC(C)C)NN)n(C)n1. The number of hydrazine groups is 1. The maximum absolute atomic E-state index is 5.62. The highest BCUT2D eigenvalue weighted by Crippen LogP contribution is 2.12. The molecular formula is C13H26N4. The van der Waals surface area contributed by atoms with E-state index in [1.165, 1.54) is 12.1 Å². The molecule has 0 aliphatic heterocycles. The van der Waals surface area contributed by atoms with Crippen LogP contribution in [0.2, 0.25) is 0 Å². The number of aromatic nitrogens is 2. The minimum Gasteiger partial charge on any atom is -0.272 e. The molecule has 1 atom stereocenters. The number of aryl methyl sites for hydroxylation is 2. The van der Waals surface area contributed by atoms with Crippen LogP contribution < -0.4 is 11.3 Å². The summed E-state index contributed by atoms with van der Waals surface area (Å²) in [6.45, 7) is 6.61. The molecule has 1 heterocycles. The fraction of sp³-hybridized carbons (Fsp3) is 0.769. The van der Waals surface area contributed by atoms with Gasteiger partial charge in [0.05, 0.1) is 5.69 Å². The van der Waals surface area contributed by atoms with Gasteiger partial charge < -0.3 is 0 Å². The van der Waals surface area contributed by atoms with Crippen LogP contribution in [0.1, 0.15) is 45.0 Å². The summed E-state index contributed by atoms with van der Waals surface area (Å²) >= 11 is 0. The van der Waals surface area contributed by atoms with Crippen LogP contribution in [0.3, 0.4) is 0 Å². The lowest BCUT2D eigenvalue weighted by molar-refractivity contribution is 0.427. The second-order valence-electron chi connectivity index (χ2n) is 5.14. The summed E-state index contributed by atoms with van der Waals surface area (Å²) in [5, 5.41) is 4.46. The van der Waals surface area contributed by atoms with E-state index in [1.807, 2.05) is 11.7 Å². The highest BCUT2D eigenvalue weighted by molar-refractivity contribution is 5.11. The first-order chi connectivity index (χ1) is 8.06. The predicted molar refractivity (Wildman–Crippen MR) is 71.5 cm³/mol. The molecule has 0 spiro atoms. The number of hydrogen-bond acceptors (Lipinski definition) is 3. The van der Waals surface area contributed by atoms with E-state index in [2.05, 4.69) is 37.4 Å². The first kappa shape index (κ1) is 14.2. The van der Waals surface area contributed by atoms with Gasteiger partial charge in [-0.3, -0.25) is 16.0 Å². The molecule has 1 aromatic heterocycles. The number of nitrogens with zero attached hydrogens (tertiary/aromatic N) is 2. The lowest BCUT2D eigenvalue weighted by Gasteiger charge is -2.16. The van der Waals surface area contributed by atoms with E-state index >= 15 is 0 Å². The highest BCUT2D eigenvalue weighted by atomic mass is 15.3. The van der Waals surface area contributed by atoms with Crippen molar-refractivity contribution >= 4 is 0 Å². The first-order valence-electron chi connectivity index (χ1n) is 6.54. The van der Waals surface area contributed by atoms with Gasteiger partial charge in [0.2, 0.25) is 0 Å². The normalized spacial score (nSPS) is 13.3. The number of nitrogens with one attached hydrogen (secondary N) is 1. The largest absolute Gasteiger partial charge is 0.272 e. The molecule has 98 valence electrons. The molecule has 0 radical (unpaired) electrons. The van der Waals surface area contributed by atoms with Crippen molar-refractivity contribution in [1.29, 1.82) is 0 Å². The van der Waals surface area contributed by atoms with E-state index in [9.17, 15) is 0 Å². The van der Waals surface area contributed by atoms with Crippen molar-refractivity contribution in [1.82, 2.24) is 15.2 Å². The van der Waals surface area contributed by atoms with Gasteiger partial charge in [-0.2, -0.15) is 5.10 Å². The van der Waals surface area contributed by atoms with Crippen molar-refractivity contribution in [3.63, 3.8) is 0 Å². The Kier molecular flexibility index (Phi) is 5.65. The van der Waals surface area contributed by atoms with E-state index < -0.39 is 0 Å². The molecule has 4 heteroatoms. The molecule has 0 bridgehead atoms. The molecule has 0 aromatic carbocycles. The maximum Gasteiger partial charge on any atom is 0.0624 e. The van der Waals surface area contributed by atoms with Crippen LogP contribution in [0.4, 0.5) is 0 Å². The van der Waals surface area contributed by atoms with Gasteiger partial charge in [0.25, 0.3) is 0 Å². The van der Waals surface area contributed by atoms with Gasteiger partial charge in [0.1, 0.15) is 0 Å². The number of nitrogens with two attached hydrogens (primary N) is 1. The highest BCUT2D eigenvalue weighted by Gasteiger charge is 2.12. The van der Waals surface area contributed by atoms with Crippen molar-refractivity contribution < 1.29 is 0 Å². The summed E-state index contributed by atoms with van der Waals surface area (Å²) in [5.41, 5.74) is 5.33. The third-order valence-corrected chi connectivity index (χ3v) is 3.17. The van der Waals surface area contributed by atoms with E-state index in [1.54, 1.807) is 0 Å². The average molecular weight is 238 g/mol. The minimum atomic E-state index is 0.345. The second-order valence-corrected chi connectivity index (χ2v) is 5.14. The Balaban J connectivity index is 2.57. The summed E-state index contributed by atoms with van der Waals surface area (Å²) in [5.74, 6) is 6.34. The van der Waals surface area contributed by atoms with Crippen LogP contribution in [-0.2, 0) is 19.9 Å². The van der Waals surface area contributed by atoms with Crippen molar-refractivity contribution in [3.05, 3.63) is 17.5 Å². The molecule has 1 aromatic rings. The molecule has 0 aliphatic rings. The molecule has 1 unspecified atom stereocenters. The molecule has 0 aliphatic carbocycles. The minimum absolute atomic E-state index is 0.345. The summed E-state index contributed by atoms with van der Waals surface area (Å²) in [7, 11) is 2.00. The Morgan fingerprint density at radius 1 is 1.41 bits per heavy atom. The van der Waals surface area contributed by atoms with E-state index in [0.717, 1.165) is 30.9 Å². The summed E-state index contributed by atoms with van der Waals surface area (Å²) in [6, 6.07) is 2.53. The Morgan fingerprint density at radius 3 is 2.59 bits per heavy atom. The first-order valence-corrected chi connectivity index (χ1v) is 6.54. The van der Waals surface area contributed by atoms with Gasteiger partial charge in [-0.15, -0.1) is 0 Å². The fourth-order valence-corrected chi connectivity index (χ4v) is 1.97. The lowest BCUT2D eigenvalue weighted by atomic mass is 10.0. The Bertz CT molecular complexity index is 330. The van der Waals surface area contributed by atoms with Crippen molar-refractivity contribution in [2.45, 2.75) is 52.5 Å². The summed E-state index contributed by atoms with van der Waals surface area (Å²) in [6.07, 6.45) is 4.25. The molecule has 0 fully saturated rings. The zero-order valence-electron chi connectivity index (χ0n) is 11.5. The zero-order valence-corrected chi connectivity index (χ0v) is 11.5. The van der Waals surface area contributed by atoms with Crippen LogP contribution in [0.25, 0.3) is 0 Å². The fourth-order valence-electron chi connectivity index (χ4n) is 1.97. The maximum atomic E-state index is 5.62. The number of hydrogen-bond donors (Lipinski definition) is 2. The van der Waals surface area contributed by atoms with E-state index in [0.29, 0.717) is 6.04 Å². The van der Waals surface area contributed by atoms with E-state index in [4.69, 9.17) is 5.84 Å². The summed E-state index contributed by atoms with van der Waals surface area (Å²) < 4.78 is 1.97. The van der Waals surface area contributed by atoms with Crippen LogP contribution >= 0.6 is 0 Å². The molecule has 0 amide bonds. The standard InChI is InChI=1S/C13H26N4/c1-5-11-8-13(17(4)16-11)9-12(15-14)7-6-10(2)3/h8,10,12,15H,5-7,9,14H2,1-4H3. The number of rotatable bonds is 7. The van der Waals surface area contributed by atoms with Gasteiger partial charge in [-0.1, -0.05) is 20.8 Å². The monoisotopic (exact) mass is 238 g/mol. The third-order valence-electron chi connectivity index (χ3n) is 3.17. The molecule has 1 rings (SSSR count).